The molecule has 3 fully saturated rings. The average Bonchev–Trinajstić information content (AvgIpc) is 2.98. The lowest BCUT2D eigenvalue weighted by atomic mass is 9.79. The van der Waals surface area contributed by atoms with Crippen molar-refractivity contribution in [2.75, 3.05) is 0 Å². The van der Waals surface area contributed by atoms with E-state index in [2.05, 4.69) is 19.2 Å². The van der Waals surface area contributed by atoms with Crippen LogP contribution in [0.2, 0.25) is 0 Å². The summed E-state index contributed by atoms with van der Waals surface area (Å²) in [4.78, 5) is 12.2. The van der Waals surface area contributed by atoms with Crippen LogP contribution in [-0.4, -0.2) is 18.0 Å². The summed E-state index contributed by atoms with van der Waals surface area (Å²) in [6, 6.07) is 0.105. The molecule has 3 N–H and O–H groups in total. The van der Waals surface area contributed by atoms with Crippen LogP contribution in [0.1, 0.15) is 52.4 Å². The predicted octanol–water partition coefficient (Wildman–Crippen LogP) is 2.30. The van der Waals surface area contributed by atoms with Gasteiger partial charge < -0.3 is 11.1 Å². The topological polar surface area (TPSA) is 55.1 Å². The summed E-state index contributed by atoms with van der Waals surface area (Å²) in [7, 11) is 0. The largest absolute Gasteiger partial charge is 0.352 e. The van der Waals surface area contributed by atoms with Crippen LogP contribution in [0.5, 0.6) is 0 Å². The number of hydrogen-bond acceptors (Lipinski definition) is 2. The quantitative estimate of drug-likeness (QED) is 0.818. The SMILES string of the molecule is CC(C)CC(N)C(=O)NC1CC2CC1C1CCCC21. The standard InChI is InChI=1S/C16H28N2O/c1-9(2)6-14(17)16(19)18-15-8-10-7-13(15)12-5-3-4-11(10)12/h9-15H,3-8,17H2,1-2H3,(H,18,19). The molecule has 3 aliphatic carbocycles. The molecular formula is C16H28N2O. The van der Waals surface area contributed by atoms with Crippen molar-refractivity contribution in [3.05, 3.63) is 0 Å². The van der Waals surface area contributed by atoms with Gasteiger partial charge in [-0.3, -0.25) is 4.79 Å². The molecule has 108 valence electrons. The van der Waals surface area contributed by atoms with E-state index >= 15 is 0 Å². The minimum atomic E-state index is -0.321. The number of fused-ring (bicyclic) bond motifs is 5. The molecule has 2 bridgehead atoms. The van der Waals surface area contributed by atoms with Crippen LogP contribution in [0.25, 0.3) is 0 Å². The Balaban J connectivity index is 1.56. The number of carbonyl (C=O) groups is 1. The van der Waals surface area contributed by atoms with Gasteiger partial charge in [0.1, 0.15) is 0 Å². The molecule has 0 saturated heterocycles. The number of amides is 1. The van der Waals surface area contributed by atoms with E-state index in [4.69, 9.17) is 5.73 Å². The fourth-order valence-corrected chi connectivity index (χ4v) is 5.14. The summed E-state index contributed by atoms with van der Waals surface area (Å²) >= 11 is 0. The number of rotatable bonds is 4. The minimum absolute atomic E-state index is 0.0841. The molecule has 6 unspecified atom stereocenters. The van der Waals surface area contributed by atoms with Gasteiger partial charge in [-0.15, -0.1) is 0 Å². The van der Waals surface area contributed by atoms with Gasteiger partial charge in [0.15, 0.2) is 0 Å². The van der Waals surface area contributed by atoms with Crippen molar-refractivity contribution < 1.29 is 4.79 Å². The molecule has 1 amide bonds. The normalized spacial score (nSPS) is 41.6. The highest BCUT2D eigenvalue weighted by molar-refractivity contribution is 5.81. The third-order valence-electron chi connectivity index (χ3n) is 5.82. The van der Waals surface area contributed by atoms with E-state index in [0.717, 1.165) is 30.1 Å². The van der Waals surface area contributed by atoms with Crippen molar-refractivity contribution in [1.82, 2.24) is 5.32 Å². The Morgan fingerprint density at radius 3 is 2.68 bits per heavy atom. The highest BCUT2D eigenvalue weighted by atomic mass is 16.2. The molecule has 3 aliphatic rings. The first-order valence-electron chi connectivity index (χ1n) is 8.12. The van der Waals surface area contributed by atoms with Gasteiger partial charge in [-0.1, -0.05) is 20.3 Å². The molecule has 3 saturated carbocycles. The maximum Gasteiger partial charge on any atom is 0.237 e. The van der Waals surface area contributed by atoms with Crippen molar-refractivity contribution in [2.45, 2.75) is 64.5 Å². The third kappa shape index (κ3) is 2.42. The summed E-state index contributed by atoms with van der Waals surface area (Å²) in [6.45, 7) is 4.24. The van der Waals surface area contributed by atoms with Gasteiger partial charge in [-0.25, -0.2) is 0 Å². The van der Waals surface area contributed by atoms with Gasteiger partial charge in [0, 0.05) is 6.04 Å². The lowest BCUT2D eigenvalue weighted by Gasteiger charge is -2.32. The van der Waals surface area contributed by atoms with Crippen molar-refractivity contribution in [2.24, 2.45) is 35.3 Å². The highest BCUT2D eigenvalue weighted by Crippen LogP contribution is 2.58. The number of hydrogen-bond donors (Lipinski definition) is 2. The molecule has 0 aromatic heterocycles. The summed E-state index contributed by atoms with van der Waals surface area (Å²) < 4.78 is 0. The van der Waals surface area contributed by atoms with Crippen LogP contribution < -0.4 is 11.1 Å². The van der Waals surface area contributed by atoms with Crippen LogP contribution in [0, 0.1) is 29.6 Å². The first kappa shape index (κ1) is 13.4. The van der Waals surface area contributed by atoms with Gasteiger partial charge in [-0.05, 0) is 61.7 Å². The van der Waals surface area contributed by atoms with Crippen LogP contribution >= 0.6 is 0 Å². The molecule has 6 atom stereocenters. The summed E-state index contributed by atoms with van der Waals surface area (Å²) in [5.74, 6) is 4.12. The second kappa shape index (κ2) is 5.08. The average molecular weight is 264 g/mol. The second-order valence-corrected chi connectivity index (χ2v) is 7.51. The fourth-order valence-electron chi connectivity index (χ4n) is 5.14. The van der Waals surface area contributed by atoms with Gasteiger partial charge in [0.05, 0.1) is 6.04 Å². The van der Waals surface area contributed by atoms with Crippen LogP contribution in [0.4, 0.5) is 0 Å². The summed E-state index contributed by atoms with van der Waals surface area (Å²) in [5, 5.41) is 3.26. The van der Waals surface area contributed by atoms with E-state index in [-0.39, 0.29) is 11.9 Å². The van der Waals surface area contributed by atoms with Crippen LogP contribution in [0.3, 0.4) is 0 Å². The lowest BCUT2D eigenvalue weighted by molar-refractivity contribution is -0.124. The highest BCUT2D eigenvalue weighted by Gasteiger charge is 2.54. The molecule has 0 spiro atoms. The van der Waals surface area contributed by atoms with Crippen LogP contribution in [0.15, 0.2) is 0 Å². The third-order valence-corrected chi connectivity index (χ3v) is 5.82. The van der Waals surface area contributed by atoms with E-state index < -0.39 is 0 Å². The first-order valence-corrected chi connectivity index (χ1v) is 8.12. The van der Waals surface area contributed by atoms with Crippen LogP contribution in [-0.2, 0) is 4.79 Å². The lowest BCUT2D eigenvalue weighted by Crippen LogP contribution is -2.49. The smallest absolute Gasteiger partial charge is 0.237 e. The second-order valence-electron chi connectivity index (χ2n) is 7.51. The maximum absolute atomic E-state index is 12.2. The molecule has 0 heterocycles. The summed E-state index contributed by atoms with van der Waals surface area (Å²) in [5.41, 5.74) is 5.99. The van der Waals surface area contributed by atoms with Crippen molar-refractivity contribution in [3.63, 3.8) is 0 Å². The van der Waals surface area contributed by atoms with Gasteiger partial charge in [0.2, 0.25) is 5.91 Å². The molecule has 3 nitrogen and oxygen atoms in total. The van der Waals surface area contributed by atoms with Gasteiger partial charge >= 0.3 is 0 Å². The molecule has 0 aliphatic heterocycles. The van der Waals surface area contributed by atoms with E-state index in [1.165, 1.54) is 32.1 Å². The van der Waals surface area contributed by atoms with E-state index in [0.29, 0.717) is 12.0 Å². The molecule has 0 aromatic carbocycles. The Bertz CT molecular complexity index is 355. The van der Waals surface area contributed by atoms with Gasteiger partial charge in [-0.2, -0.15) is 0 Å². The molecular weight excluding hydrogens is 236 g/mol. The predicted molar refractivity (Wildman–Crippen MR) is 76.4 cm³/mol. The Hall–Kier alpha value is -0.570. The van der Waals surface area contributed by atoms with Crippen molar-refractivity contribution in [1.29, 1.82) is 0 Å². The Labute approximate surface area is 116 Å². The zero-order chi connectivity index (χ0) is 13.6. The molecule has 3 rings (SSSR count). The first-order chi connectivity index (χ1) is 9.06. The minimum Gasteiger partial charge on any atom is -0.352 e. The fraction of sp³-hybridized carbons (Fsp3) is 0.938. The monoisotopic (exact) mass is 264 g/mol. The molecule has 3 heteroatoms. The van der Waals surface area contributed by atoms with Gasteiger partial charge in [0.25, 0.3) is 0 Å². The Morgan fingerprint density at radius 2 is 1.95 bits per heavy atom. The summed E-state index contributed by atoms with van der Waals surface area (Å²) in [6.07, 6.45) is 7.62. The molecule has 0 aromatic rings. The van der Waals surface area contributed by atoms with Crippen molar-refractivity contribution >= 4 is 5.91 Å². The maximum atomic E-state index is 12.2. The van der Waals surface area contributed by atoms with E-state index in [1.54, 1.807) is 0 Å². The Morgan fingerprint density at radius 1 is 1.21 bits per heavy atom. The molecule has 19 heavy (non-hydrogen) atoms. The zero-order valence-electron chi connectivity index (χ0n) is 12.3. The number of carbonyl (C=O) groups excluding carboxylic acids is 1. The molecule has 0 radical (unpaired) electrons. The number of nitrogens with two attached hydrogens (primary N) is 1. The zero-order valence-corrected chi connectivity index (χ0v) is 12.3. The van der Waals surface area contributed by atoms with E-state index in [1.807, 2.05) is 0 Å². The van der Waals surface area contributed by atoms with Crippen molar-refractivity contribution in [3.8, 4) is 0 Å². The Kier molecular flexibility index (Phi) is 3.59. The number of nitrogens with one attached hydrogen (secondary N) is 1. The van der Waals surface area contributed by atoms with E-state index in [9.17, 15) is 4.79 Å².